The molecule has 1 saturated heterocycles. The number of hydrogen-bond donors (Lipinski definition) is 3. The van der Waals surface area contributed by atoms with Gasteiger partial charge >= 0.3 is 6.03 Å². The first-order valence-electron chi connectivity index (χ1n) is 11.1. The molecule has 1 fully saturated rings. The quantitative estimate of drug-likeness (QED) is 0.609. The molecule has 3 rings (SSSR count). The number of urea groups is 1. The molecule has 0 radical (unpaired) electrons. The Labute approximate surface area is 185 Å². The third-order valence-corrected chi connectivity index (χ3v) is 5.93. The average Bonchev–Trinajstić information content (AvgIpc) is 2.80. The molecule has 0 bridgehead atoms. The van der Waals surface area contributed by atoms with Crippen molar-refractivity contribution in [2.45, 2.75) is 45.3 Å². The van der Waals surface area contributed by atoms with Crippen molar-refractivity contribution >= 4 is 11.9 Å². The van der Waals surface area contributed by atoms with Gasteiger partial charge in [-0.25, -0.2) is 4.79 Å². The van der Waals surface area contributed by atoms with Gasteiger partial charge in [-0.15, -0.1) is 0 Å². The number of benzene rings is 2. The molecule has 0 spiro atoms. The minimum Gasteiger partial charge on any atom is -0.359 e. The second-order valence-corrected chi connectivity index (χ2v) is 8.44. The van der Waals surface area contributed by atoms with Crippen LogP contribution in [-0.4, -0.2) is 37.0 Å². The zero-order valence-corrected chi connectivity index (χ0v) is 18.6. The van der Waals surface area contributed by atoms with E-state index in [4.69, 9.17) is 0 Å². The maximum Gasteiger partial charge on any atom is 0.315 e. The highest BCUT2D eigenvalue weighted by Crippen LogP contribution is 2.19. The molecular formula is C25H34N4O2. The molecule has 1 atom stereocenters. The van der Waals surface area contributed by atoms with Gasteiger partial charge in [0, 0.05) is 20.1 Å². The Balaban J connectivity index is 1.49. The van der Waals surface area contributed by atoms with Crippen LogP contribution in [0.1, 0.15) is 48.9 Å². The first-order valence-corrected chi connectivity index (χ1v) is 11.1. The number of carbonyl (C=O) groups excluding carboxylic acids is 2. The minimum atomic E-state index is -0.379. The highest BCUT2D eigenvalue weighted by Gasteiger charge is 2.18. The van der Waals surface area contributed by atoms with Crippen LogP contribution in [0.4, 0.5) is 4.79 Å². The zero-order chi connectivity index (χ0) is 22.1. The van der Waals surface area contributed by atoms with Crippen molar-refractivity contribution in [2.24, 2.45) is 5.92 Å². The van der Waals surface area contributed by atoms with Gasteiger partial charge in [-0.3, -0.25) is 9.69 Å². The number of piperidine rings is 1. The van der Waals surface area contributed by atoms with Crippen LogP contribution in [0.3, 0.4) is 0 Å². The topological polar surface area (TPSA) is 73.5 Å². The van der Waals surface area contributed by atoms with Crippen LogP contribution in [0.5, 0.6) is 0 Å². The van der Waals surface area contributed by atoms with Gasteiger partial charge < -0.3 is 16.0 Å². The van der Waals surface area contributed by atoms with Gasteiger partial charge in [-0.1, -0.05) is 61.5 Å². The Hall–Kier alpha value is -2.86. The molecule has 1 aliphatic rings. The number of nitrogens with one attached hydrogen (secondary N) is 3. The maximum atomic E-state index is 12.5. The second-order valence-electron chi connectivity index (χ2n) is 8.44. The van der Waals surface area contributed by atoms with E-state index in [1.807, 2.05) is 30.3 Å². The predicted molar refractivity (Wildman–Crippen MR) is 123 cm³/mol. The lowest BCUT2D eigenvalue weighted by Gasteiger charge is -2.30. The van der Waals surface area contributed by atoms with Crippen molar-refractivity contribution in [3.05, 3.63) is 71.3 Å². The summed E-state index contributed by atoms with van der Waals surface area (Å²) in [6.45, 7) is 6.09. The number of nitrogens with zero attached hydrogens (tertiary/aromatic N) is 1. The van der Waals surface area contributed by atoms with E-state index in [1.54, 1.807) is 7.05 Å². The summed E-state index contributed by atoms with van der Waals surface area (Å²) in [5.41, 5.74) is 3.25. The van der Waals surface area contributed by atoms with Gasteiger partial charge in [-0.2, -0.15) is 0 Å². The van der Waals surface area contributed by atoms with Crippen LogP contribution in [0.25, 0.3) is 0 Å². The number of rotatable bonds is 8. The molecule has 3 amide bonds. The lowest BCUT2D eigenvalue weighted by Crippen LogP contribution is -2.39. The summed E-state index contributed by atoms with van der Waals surface area (Å²) in [6, 6.07) is 17.3. The Kier molecular flexibility index (Phi) is 8.47. The van der Waals surface area contributed by atoms with Gasteiger partial charge in [0.15, 0.2) is 0 Å². The van der Waals surface area contributed by atoms with Crippen molar-refractivity contribution in [3.63, 3.8) is 0 Å². The summed E-state index contributed by atoms with van der Waals surface area (Å²) in [7, 11) is 1.60. The Morgan fingerprint density at radius 1 is 1.00 bits per heavy atom. The third kappa shape index (κ3) is 7.40. The summed E-state index contributed by atoms with van der Waals surface area (Å²) in [4.78, 5) is 26.8. The number of carbonyl (C=O) groups is 2. The molecule has 3 N–H and O–H groups in total. The predicted octanol–water partition coefficient (Wildman–Crippen LogP) is 3.60. The standard InChI is InChI=1S/C25H34N4O2/c1-19-12-14-29(15-13-19)18-21-10-8-20(9-11-21)17-27-25(31)28-23(16-24(30)26-2)22-6-4-3-5-7-22/h3-11,19,23H,12-18H2,1-2H3,(H,26,30)(H2,27,28,31). The smallest absolute Gasteiger partial charge is 0.315 e. The van der Waals surface area contributed by atoms with Crippen molar-refractivity contribution in [2.75, 3.05) is 20.1 Å². The molecule has 166 valence electrons. The molecule has 1 unspecified atom stereocenters. The van der Waals surface area contributed by atoms with Crippen LogP contribution in [-0.2, 0) is 17.9 Å². The SMILES string of the molecule is CNC(=O)CC(NC(=O)NCc1ccc(CN2CCC(C)CC2)cc1)c1ccccc1. The van der Waals surface area contributed by atoms with Crippen LogP contribution < -0.4 is 16.0 Å². The van der Waals surface area contributed by atoms with E-state index in [2.05, 4.69) is 52.0 Å². The summed E-state index contributed by atoms with van der Waals surface area (Å²) in [6.07, 6.45) is 2.75. The first kappa shape index (κ1) is 22.8. The summed E-state index contributed by atoms with van der Waals surface area (Å²) >= 11 is 0. The van der Waals surface area contributed by atoms with Crippen LogP contribution in [0, 0.1) is 5.92 Å². The Bertz CT molecular complexity index is 830. The number of likely N-dealkylation sites (tertiary alicyclic amines) is 1. The molecule has 2 aromatic carbocycles. The van der Waals surface area contributed by atoms with E-state index >= 15 is 0 Å². The van der Waals surface area contributed by atoms with Crippen molar-refractivity contribution < 1.29 is 9.59 Å². The van der Waals surface area contributed by atoms with Gasteiger partial charge in [0.1, 0.15) is 0 Å². The monoisotopic (exact) mass is 422 g/mol. The largest absolute Gasteiger partial charge is 0.359 e. The highest BCUT2D eigenvalue weighted by atomic mass is 16.2. The molecule has 1 heterocycles. The molecule has 6 nitrogen and oxygen atoms in total. The summed E-state index contributed by atoms with van der Waals surface area (Å²) < 4.78 is 0. The fraction of sp³-hybridized carbons (Fsp3) is 0.440. The van der Waals surface area contributed by atoms with Gasteiger partial charge in [-0.05, 0) is 48.5 Å². The summed E-state index contributed by atoms with van der Waals surface area (Å²) in [5.74, 6) is 0.724. The molecule has 0 aliphatic carbocycles. The normalized spacial score (nSPS) is 15.8. The molecule has 31 heavy (non-hydrogen) atoms. The Morgan fingerprint density at radius 2 is 1.65 bits per heavy atom. The molecule has 0 saturated carbocycles. The van der Waals surface area contributed by atoms with Gasteiger partial charge in [0.2, 0.25) is 5.91 Å². The fourth-order valence-electron chi connectivity index (χ4n) is 3.86. The van der Waals surface area contributed by atoms with Crippen LogP contribution in [0.2, 0.25) is 0 Å². The van der Waals surface area contributed by atoms with E-state index in [-0.39, 0.29) is 24.4 Å². The van der Waals surface area contributed by atoms with Crippen LogP contribution >= 0.6 is 0 Å². The molecule has 6 heteroatoms. The van der Waals surface area contributed by atoms with E-state index in [0.29, 0.717) is 6.54 Å². The number of amides is 3. The summed E-state index contributed by atoms with van der Waals surface area (Å²) in [5, 5.41) is 8.44. The zero-order valence-electron chi connectivity index (χ0n) is 18.6. The van der Waals surface area contributed by atoms with Crippen LogP contribution in [0.15, 0.2) is 54.6 Å². The van der Waals surface area contributed by atoms with Crippen molar-refractivity contribution in [1.82, 2.24) is 20.9 Å². The van der Waals surface area contributed by atoms with Gasteiger partial charge in [0.25, 0.3) is 0 Å². The van der Waals surface area contributed by atoms with E-state index in [1.165, 1.54) is 31.5 Å². The molecule has 0 aromatic heterocycles. The molecule has 2 aromatic rings. The lowest BCUT2D eigenvalue weighted by molar-refractivity contribution is -0.121. The first-order chi connectivity index (χ1) is 15.0. The third-order valence-electron chi connectivity index (χ3n) is 5.93. The average molecular weight is 423 g/mol. The minimum absolute atomic E-state index is 0.118. The number of hydrogen-bond acceptors (Lipinski definition) is 3. The fourth-order valence-corrected chi connectivity index (χ4v) is 3.86. The lowest BCUT2D eigenvalue weighted by atomic mass is 9.99. The van der Waals surface area contributed by atoms with E-state index in [9.17, 15) is 9.59 Å². The second kappa shape index (κ2) is 11.5. The molecular weight excluding hydrogens is 388 g/mol. The highest BCUT2D eigenvalue weighted by molar-refractivity contribution is 5.79. The van der Waals surface area contributed by atoms with Crippen molar-refractivity contribution in [1.29, 1.82) is 0 Å². The van der Waals surface area contributed by atoms with Gasteiger partial charge in [0.05, 0.1) is 12.5 Å². The maximum absolute atomic E-state index is 12.5. The van der Waals surface area contributed by atoms with Crippen molar-refractivity contribution in [3.8, 4) is 0 Å². The molecule has 1 aliphatic heterocycles. The van der Waals surface area contributed by atoms with E-state index < -0.39 is 0 Å². The van der Waals surface area contributed by atoms with E-state index in [0.717, 1.165) is 23.6 Å². The Morgan fingerprint density at radius 3 is 2.29 bits per heavy atom.